The molecule has 0 bridgehead atoms. The quantitative estimate of drug-likeness (QED) is 0.592. The highest BCUT2D eigenvalue weighted by Gasteiger charge is 2.34. The molecule has 2 unspecified atom stereocenters. The number of hydrogen-bond donors (Lipinski definition) is 2. The van der Waals surface area contributed by atoms with E-state index < -0.39 is 0 Å². The van der Waals surface area contributed by atoms with Crippen molar-refractivity contribution in [3.8, 4) is 0 Å². The molecule has 1 aliphatic carbocycles. The van der Waals surface area contributed by atoms with Crippen LogP contribution >= 0.6 is 11.3 Å². The van der Waals surface area contributed by atoms with Gasteiger partial charge in [-0.3, -0.25) is 11.3 Å². The van der Waals surface area contributed by atoms with E-state index in [9.17, 15) is 0 Å². The minimum absolute atomic E-state index is 0.341. The van der Waals surface area contributed by atoms with E-state index in [0.29, 0.717) is 12.0 Å². The second-order valence-corrected chi connectivity index (χ2v) is 5.39. The maximum absolute atomic E-state index is 5.65. The normalized spacial score (nSPS) is 20.8. The lowest BCUT2D eigenvalue weighted by Gasteiger charge is -2.23. The number of aryl methyl sites for hydroxylation is 1. The lowest BCUT2D eigenvalue weighted by atomic mass is 9.91. The molecule has 1 aliphatic rings. The van der Waals surface area contributed by atoms with Gasteiger partial charge in [0.05, 0.1) is 0 Å². The zero-order valence-electron chi connectivity index (χ0n) is 8.79. The van der Waals surface area contributed by atoms with Gasteiger partial charge in [-0.15, -0.1) is 11.3 Å². The summed E-state index contributed by atoms with van der Waals surface area (Å²) in [5.74, 6) is 7.20. The Morgan fingerprint density at radius 1 is 1.57 bits per heavy atom. The van der Waals surface area contributed by atoms with Gasteiger partial charge in [0.1, 0.15) is 0 Å². The molecule has 78 valence electrons. The maximum atomic E-state index is 5.65. The molecule has 1 aromatic heterocycles. The summed E-state index contributed by atoms with van der Waals surface area (Å²) >= 11 is 1.80. The van der Waals surface area contributed by atoms with Gasteiger partial charge in [-0.05, 0) is 48.6 Å². The number of nitrogens with one attached hydrogen (secondary N) is 1. The molecular formula is C11H18N2S. The predicted octanol–water partition coefficient (Wildman–Crippen LogP) is 2.61. The number of nitrogens with two attached hydrogens (primary N) is 1. The van der Waals surface area contributed by atoms with Gasteiger partial charge < -0.3 is 0 Å². The van der Waals surface area contributed by atoms with Crippen LogP contribution < -0.4 is 11.3 Å². The fourth-order valence-corrected chi connectivity index (χ4v) is 2.89. The summed E-state index contributed by atoms with van der Waals surface area (Å²) in [7, 11) is 0. The van der Waals surface area contributed by atoms with E-state index in [2.05, 4.69) is 30.7 Å². The van der Waals surface area contributed by atoms with Crippen molar-refractivity contribution in [3.05, 3.63) is 21.9 Å². The number of thiophene rings is 1. The topological polar surface area (TPSA) is 38.0 Å². The summed E-state index contributed by atoms with van der Waals surface area (Å²) < 4.78 is 0. The van der Waals surface area contributed by atoms with Crippen molar-refractivity contribution >= 4 is 11.3 Å². The average molecular weight is 210 g/mol. The lowest BCUT2D eigenvalue weighted by Crippen LogP contribution is -2.33. The minimum Gasteiger partial charge on any atom is -0.271 e. The van der Waals surface area contributed by atoms with Crippen LogP contribution in [0.1, 0.15) is 36.2 Å². The molecule has 14 heavy (non-hydrogen) atoms. The highest BCUT2D eigenvalue weighted by molar-refractivity contribution is 7.10. The van der Waals surface area contributed by atoms with Crippen molar-refractivity contribution in [2.45, 2.75) is 32.7 Å². The summed E-state index contributed by atoms with van der Waals surface area (Å²) in [6, 6.07) is 2.54. The summed E-state index contributed by atoms with van der Waals surface area (Å²) in [6.45, 7) is 4.48. The van der Waals surface area contributed by atoms with Gasteiger partial charge in [-0.2, -0.15) is 0 Å². The van der Waals surface area contributed by atoms with Crippen molar-refractivity contribution in [2.24, 2.45) is 17.7 Å². The van der Waals surface area contributed by atoms with Crippen molar-refractivity contribution < 1.29 is 0 Å². The van der Waals surface area contributed by atoms with E-state index in [1.54, 1.807) is 11.3 Å². The molecule has 3 heteroatoms. The van der Waals surface area contributed by atoms with E-state index in [4.69, 9.17) is 5.84 Å². The summed E-state index contributed by atoms with van der Waals surface area (Å²) in [6.07, 6.45) is 2.76. The first-order valence-electron chi connectivity index (χ1n) is 5.24. The van der Waals surface area contributed by atoms with Crippen molar-refractivity contribution in [3.63, 3.8) is 0 Å². The fourth-order valence-electron chi connectivity index (χ4n) is 2.14. The summed E-state index contributed by atoms with van der Waals surface area (Å²) in [4.78, 5) is 1.39. The molecule has 1 fully saturated rings. The molecule has 0 radical (unpaired) electrons. The molecule has 0 amide bonds. The molecule has 3 N–H and O–H groups in total. The van der Waals surface area contributed by atoms with Crippen LogP contribution in [-0.2, 0) is 0 Å². The monoisotopic (exact) mass is 210 g/mol. The Morgan fingerprint density at radius 3 is 2.71 bits per heavy atom. The maximum Gasteiger partial charge on any atom is 0.0499 e. The Labute approximate surface area is 89.5 Å². The SMILES string of the molecule is Cc1sccc1C(NN)C(C)C1CC1. The van der Waals surface area contributed by atoms with E-state index in [0.717, 1.165) is 5.92 Å². The van der Waals surface area contributed by atoms with Crippen LogP contribution in [0.3, 0.4) is 0 Å². The Kier molecular flexibility index (Phi) is 2.91. The molecule has 1 aromatic rings. The fraction of sp³-hybridized carbons (Fsp3) is 0.636. The largest absolute Gasteiger partial charge is 0.271 e. The van der Waals surface area contributed by atoms with Crippen molar-refractivity contribution in [1.29, 1.82) is 0 Å². The standard InChI is InChI=1S/C11H18N2S/c1-7(9-3-4-9)11(13-12)10-5-6-14-8(10)2/h5-7,9,11,13H,3-4,12H2,1-2H3. The Balaban J connectivity index is 2.16. The summed E-state index contributed by atoms with van der Waals surface area (Å²) in [5.41, 5.74) is 4.36. The third-order valence-corrected chi connectivity index (χ3v) is 4.17. The minimum atomic E-state index is 0.341. The Hall–Kier alpha value is -0.380. The van der Waals surface area contributed by atoms with Crippen LogP contribution in [-0.4, -0.2) is 0 Å². The predicted molar refractivity (Wildman–Crippen MR) is 61.0 cm³/mol. The van der Waals surface area contributed by atoms with Gasteiger partial charge in [0.15, 0.2) is 0 Å². The van der Waals surface area contributed by atoms with E-state index in [1.807, 2.05) is 0 Å². The van der Waals surface area contributed by atoms with Gasteiger partial charge >= 0.3 is 0 Å². The van der Waals surface area contributed by atoms with E-state index in [1.165, 1.54) is 23.3 Å². The molecule has 0 saturated heterocycles. The molecule has 1 saturated carbocycles. The molecule has 2 nitrogen and oxygen atoms in total. The van der Waals surface area contributed by atoms with Gasteiger partial charge in [0, 0.05) is 10.9 Å². The smallest absolute Gasteiger partial charge is 0.0499 e. The first kappa shape index (κ1) is 10.1. The highest BCUT2D eigenvalue weighted by atomic mass is 32.1. The summed E-state index contributed by atoms with van der Waals surface area (Å²) in [5, 5.41) is 2.15. The van der Waals surface area contributed by atoms with Crippen molar-refractivity contribution in [1.82, 2.24) is 5.43 Å². The molecule has 2 atom stereocenters. The first-order valence-corrected chi connectivity index (χ1v) is 6.12. The average Bonchev–Trinajstić information content (AvgIpc) is 2.94. The van der Waals surface area contributed by atoms with Crippen LogP contribution in [0, 0.1) is 18.8 Å². The van der Waals surface area contributed by atoms with Crippen LogP contribution in [0.2, 0.25) is 0 Å². The van der Waals surface area contributed by atoms with E-state index >= 15 is 0 Å². The second-order valence-electron chi connectivity index (χ2n) is 4.27. The van der Waals surface area contributed by atoms with Gasteiger partial charge in [0.25, 0.3) is 0 Å². The van der Waals surface area contributed by atoms with Gasteiger partial charge in [-0.25, -0.2) is 0 Å². The Bertz CT molecular complexity index is 304. The molecule has 1 heterocycles. The van der Waals surface area contributed by atoms with Gasteiger partial charge in [-0.1, -0.05) is 6.92 Å². The number of hydrogen-bond acceptors (Lipinski definition) is 3. The first-order chi connectivity index (χ1) is 6.74. The third kappa shape index (κ3) is 1.85. The number of rotatable bonds is 4. The molecule has 0 aliphatic heterocycles. The van der Waals surface area contributed by atoms with Crippen LogP contribution in [0.25, 0.3) is 0 Å². The van der Waals surface area contributed by atoms with Gasteiger partial charge in [0.2, 0.25) is 0 Å². The Morgan fingerprint density at radius 2 is 2.29 bits per heavy atom. The van der Waals surface area contributed by atoms with Crippen molar-refractivity contribution in [2.75, 3.05) is 0 Å². The van der Waals surface area contributed by atoms with Crippen LogP contribution in [0.4, 0.5) is 0 Å². The lowest BCUT2D eigenvalue weighted by molar-refractivity contribution is 0.354. The number of hydrazine groups is 1. The zero-order valence-corrected chi connectivity index (χ0v) is 9.60. The van der Waals surface area contributed by atoms with Crippen LogP contribution in [0.5, 0.6) is 0 Å². The molecule has 0 aromatic carbocycles. The second kappa shape index (κ2) is 4.01. The highest BCUT2D eigenvalue weighted by Crippen LogP contribution is 2.43. The van der Waals surface area contributed by atoms with Crippen LogP contribution in [0.15, 0.2) is 11.4 Å². The zero-order chi connectivity index (χ0) is 10.1. The molecular weight excluding hydrogens is 192 g/mol. The third-order valence-electron chi connectivity index (χ3n) is 3.30. The molecule has 0 spiro atoms. The molecule has 2 rings (SSSR count). The van der Waals surface area contributed by atoms with E-state index in [-0.39, 0.29) is 0 Å².